The van der Waals surface area contributed by atoms with Crippen molar-refractivity contribution in [3.8, 4) is 22.9 Å². The zero-order valence-electron chi connectivity index (χ0n) is 9.05. The van der Waals surface area contributed by atoms with Gasteiger partial charge in [-0.25, -0.2) is 0 Å². The molecule has 1 atom stereocenters. The Hall–Kier alpha value is -2.47. The van der Waals surface area contributed by atoms with E-state index in [0.29, 0.717) is 11.4 Å². The Balaban J connectivity index is 2.29. The summed E-state index contributed by atoms with van der Waals surface area (Å²) in [6.45, 7) is 0. The lowest BCUT2D eigenvalue weighted by molar-refractivity contribution is 0.259. The predicted molar refractivity (Wildman–Crippen MR) is 65.3 cm³/mol. The maximum atomic E-state index is 9.12. The van der Waals surface area contributed by atoms with Gasteiger partial charge in [0.25, 0.3) is 0 Å². The summed E-state index contributed by atoms with van der Waals surface area (Å²) in [6, 6.07) is 15.4. The van der Waals surface area contributed by atoms with Crippen LogP contribution in [0.5, 0.6) is 5.75 Å². The molecule has 2 aromatic carbocycles. The van der Waals surface area contributed by atoms with Crippen LogP contribution < -0.4 is 10.5 Å². The van der Waals surface area contributed by atoms with Gasteiger partial charge in [0.1, 0.15) is 11.8 Å². The van der Waals surface area contributed by atoms with Crippen LogP contribution in [0.4, 0.5) is 5.69 Å². The predicted octanol–water partition coefficient (Wildman–Crippen LogP) is 2.89. The molecule has 2 N–H and O–H groups in total. The maximum Gasteiger partial charge on any atom is 0.210 e. The Kier molecular flexibility index (Phi) is 2.02. The van der Waals surface area contributed by atoms with E-state index in [1.165, 1.54) is 0 Å². The molecule has 0 aliphatic carbocycles. The summed E-state index contributed by atoms with van der Waals surface area (Å²) in [7, 11) is 0. The van der Waals surface area contributed by atoms with E-state index < -0.39 is 6.10 Å². The molecule has 0 aromatic heterocycles. The smallest absolute Gasteiger partial charge is 0.210 e. The molecule has 2 aromatic rings. The van der Waals surface area contributed by atoms with E-state index in [4.69, 9.17) is 15.7 Å². The Labute approximate surface area is 99.1 Å². The van der Waals surface area contributed by atoms with Gasteiger partial charge in [-0.3, -0.25) is 0 Å². The van der Waals surface area contributed by atoms with E-state index in [-0.39, 0.29) is 0 Å². The van der Waals surface area contributed by atoms with Crippen molar-refractivity contribution in [1.82, 2.24) is 0 Å². The third-order valence-corrected chi connectivity index (χ3v) is 2.90. The number of benzene rings is 2. The zero-order valence-corrected chi connectivity index (χ0v) is 9.05. The van der Waals surface area contributed by atoms with Crippen LogP contribution in [-0.4, -0.2) is 0 Å². The van der Waals surface area contributed by atoms with Crippen molar-refractivity contribution in [2.75, 3.05) is 5.73 Å². The number of nitriles is 1. The number of anilines is 1. The summed E-state index contributed by atoms with van der Waals surface area (Å²) in [5.41, 5.74) is 9.35. The molecule has 0 radical (unpaired) electrons. The second kappa shape index (κ2) is 3.53. The van der Waals surface area contributed by atoms with Crippen LogP contribution >= 0.6 is 0 Å². The number of hydrogen-bond acceptors (Lipinski definition) is 3. The van der Waals surface area contributed by atoms with Crippen LogP contribution in [0, 0.1) is 11.3 Å². The van der Waals surface area contributed by atoms with Crippen molar-refractivity contribution in [1.29, 1.82) is 5.26 Å². The molecular weight excluding hydrogens is 212 g/mol. The van der Waals surface area contributed by atoms with Gasteiger partial charge in [-0.05, 0) is 23.8 Å². The highest BCUT2D eigenvalue weighted by Gasteiger charge is 2.25. The number of nitrogens with zero attached hydrogens (tertiary/aromatic N) is 1. The second-order valence-corrected chi connectivity index (χ2v) is 3.97. The zero-order chi connectivity index (χ0) is 11.8. The minimum atomic E-state index is -0.540. The quantitative estimate of drug-likeness (QED) is 0.697. The number of nitrogens with two attached hydrogens (primary N) is 1. The maximum absolute atomic E-state index is 9.12. The normalized spacial score (nSPS) is 16.3. The minimum Gasteiger partial charge on any atom is -0.470 e. The molecule has 3 nitrogen and oxygen atoms in total. The first-order valence-electron chi connectivity index (χ1n) is 5.34. The lowest BCUT2D eigenvalue weighted by Crippen LogP contribution is -2.12. The van der Waals surface area contributed by atoms with Crippen LogP contribution in [0.15, 0.2) is 42.5 Å². The fraction of sp³-hybridized carbons (Fsp3) is 0.0714. The first-order valence-corrected chi connectivity index (χ1v) is 5.34. The first-order chi connectivity index (χ1) is 8.29. The molecule has 0 bridgehead atoms. The van der Waals surface area contributed by atoms with Gasteiger partial charge in [0.2, 0.25) is 6.10 Å². The molecule has 0 fully saturated rings. The van der Waals surface area contributed by atoms with Gasteiger partial charge in [0.05, 0.1) is 0 Å². The monoisotopic (exact) mass is 222 g/mol. The highest BCUT2D eigenvalue weighted by Crippen LogP contribution is 2.42. The third-order valence-electron chi connectivity index (χ3n) is 2.90. The van der Waals surface area contributed by atoms with Crippen molar-refractivity contribution in [3.05, 3.63) is 48.0 Å². The number of fused-ring (bicyclic) bond motifs is 3. The minimum absolute atomic E-state index is 0.540. The van der Waals surface area contributed by atoms with Crippen molar-refractivity contribution in [2.24, 2.45) is 0 Å². The largest absolute Gasteiger partial charge is 0.470 e. The number of rotatable bonds is 0. The summed E-state index contributed by atoms with van der Waals surface area (Å²) in [5, 5.41) is 9.12. The second-order valence-electron chi connectivity index (χ2n) is 3.97. The fourth-order valence-electron chi connectivity index (χ4n) is 2.12. The molecule has 1 unspecified atom stereocenters. The molecule has 0 saturated carbocycles. The van der Waals surface area contributed by atoms with Crippen molar-refractivity contribution in [2.45, 2.75) is 6.10 Å². The van der Waals surface area contributed by atoms with Crippen LogP contribution in [0.25, 0.3) is 11.1 Å². The molecule has 1 aliphatic heterocycles. The standard InChI is InChI=1S/C14H10N2O/c15-8-14-11-4-2-1-3-10(11)12-7-9(16)5-6-13(12)17-14/h1-7,14H,16H2. The molecule has 3 rings (SSSR count). The summed E-state index contributed by atoms with van der Waals surface area (Å²) in [5.74, 6) is 0.712. The Bertz CT molecular complexity index is 628. The van der Waals surface area contributed by atoms with Crippen molar-refractivity contribution < 1.29 is 4.74 Å². The van der Waals surface area contributed by atoms with E-state index in [9.17, 15) is 0 Å². The summed E-state index contributed by atoms with van der Waals surface area (Å²) in [4.78, 5) is 0. The van der Waals surface area contributed by atoms with Crippen LogP contribution in [0.2, 0.25) is 0 Å². The van der Waals surface area contributed by atoms with Crippen LogP contribution in [0.3, 0.4) is 0 Å². The molecule has 0 amide bonds. The third kappa shape index (κ3) is 1.42. The summed E-state index contributed by atoms with van der Waals surface area (Å²) >= 11 is 0. The van der Waals surface area contributed by atoms with Crippen LogP contribution in [0.1, 0.15) is 11.7 Å². The average Bonchev–Trinajstić information content (AvgIpc) is 2.38. The lowest BCUT2D eigenvalue weighted by atomic mass is 9.93. The molecule has 82 valence electrons. The van der Waals surface area contributed by atoms with Gasteiger partial charge in [-0.15, -0.1) is 0 Å². The topological polar surface area (TPSA) is 59.0 Å². The highest BCUT2D eigenvalue weighted by molar-refractivity contribution is 5.78. The van der Waals surface area contributed by atoms with Crippen LogP contribution in [-0.2, 0) is 0 Å². The SMILES string of the molecule is N#CC1Oc2ccc(N)cc2-c2ccccc21. The summed E-state index contributed by atoms with van der Waals surface area (Å²) in [6.07, 6.45) is -0.540. The molecule has 1 heterocycles. The van der Waals surface area contributed by atoms with Gasteiger partial charge in [-0.1, -0.05) is 24.3 Å². The lowest BCUT2D eigenvalue weighted by Gasteiger charge is -2.24. The Morgan fingerprint density at radius 1 is 1.12 bits per heavy atom. The van der Waals surface area contributed by atoms with Gasteiger partial charge in [0.15, 0.2) is 0 Å². The molecule has 1 aliphatic rings. The average molecular weight is 222 g/mol. The van der Waals surface area contributed by atoms with E-state index in [1.807, 2.05) is 36.4 Å². The van der Waals surface area contributed by atoms with Gasteiger partial charge in [0, 0.05) is 16.8 Å². The van der Waals surface area contributed by atoms with Gasteiger partial charge >= 0.3 is 0 Å². The van der Waals surface area contributed by atoms with E-state index in [1.54, 1.807) is 6.07 Å². The fourth-order valence-corrected chi connectivity index (χ4v) is 2.12. The molecule has 0 saturated heterocycles. The first kappa shape index (κ1) is 9.73. The van der Waals surface area contributed by atoms with Crippen molar-refractivity contribution >= 4 is 5.69 Å². The van der Waals surface area contributed by atoms with E-state index >= 15 is 0 Å². The molecular formula is C14H10N2O. The van der Waals surface area contributed by atoms with Gasteiger partial charge in [-0.2, -0.15) is 5.26 Å². The Morgan fingerprint density at radius 3 is 2.76 bits per heavy atom. The molecule has 3 heteroatoms. The van der Waals surface area contributed by atoms with Gasteiger partial charge < -0.3 is 10.5 Å². The number of nitrogen functional groups attached to an aromatic ring is 1. The molecule has 17 heavy (non-hydrogen) atoms. The van der Waals surface area contributed by atoms with Crippen molar-refractivity contribution in [3.63, 3.8) is 0 Å². The molecule has 0 spiro atoms. The highest BCUT2D eigenvalue weighted by atomic mass is 16.5. The van der Waals surface area contributed by atoms with E-state index in [0.717, 1.165) is 16.7 Å². The number of ether oxygens (including phenoxy) is 1. The van der Waals surface area contributed by atoms with E-state index in [2.05, 4.69) is 6.07 Å². The number of hydrogen-bond donors (Lipinski definition) is 1. The summed E-state index contributed by atoms with van der Waals surface area (Å²) < 4.78 is 5.65. The Morgan fingerprint density at radius 2 is 1.94 bits per heavy atom.